The predicted molar refractivity (Wildman–Crippen MR) is 119 cm³/mol. The Morgan fingerprint density at radius 1 is 0.861 bits per heavy atom. The standard InChI is InChI=1S/C21H19F6N5O3S/c1-28-36(33,34)15-6-7-17(35-11-21(25,26)27)16(8-15)32-19-9-18(29-12-30-19)31-14-4-2-13(3-5-14)10-20(22,23)24/h2-9,12,28H,10-11H2,1H3,(H2,29,30,31,32). The van der Waals surface area contributed by atoms with Gasteiger partial charge in [-0.3, -0.25) is 0 Å². The van der Waals surface area contributed by atoms with Crippen molar-refractivity contribution in [1.82, 2.24) is 14.7 Å². The molecule has 0 atom stereocenters. The van der Waals surface area contributed by atoms with E-state index in [1.54, 1.807) is 0 Å². The summed E-state index contributed by atoms with van der Waals surface area (Å²) >= 11 is 0. The zero-order valence-corrected chi connectivity index (χ0v) is 19.2. The fourth-order valence-electron chi connectivity index (χ4n) is 2.89. The third-order valence-corrected chi connectivity index (χ3v) is 5.89. The molecule has 0 spiro atoms. The zero-order valence-electron chi connectivity index (χ0n) is 18.4. The average molecular weight is 535 g/mol. The van der Waals surface area contributed by atoms with Crippen LogP contribution in [0, 0.1) is 0 Å². The topological polar surface area (TPSA) is 105 Å². The second kappa shape index (κ2) is 10.6. The summed E-state index contributed by atoms with van der Waals surface area (Å²) in [6.45, 7) is -1.61. The van der Waals surface area contributed by atoms with E-state index in [2.05, 4.69) is 25.3 Å². The monoisotopic (exact) mass is 535 g/mol. The maximum Gasteiger partial charge on any atom is 0.422 e. The molecule has 15 heteroatoms. The molecule has 0 bridgehead atoms. The Labute approximate surface area is 201 Å². The molecule has 3 rings (SSSR count). The third-order valence-electron chi connectivity index (χ3n) is 4.48. The number of nitrogens with one attached hydrogen (secondary N) is 3. The predicted octanol–water partition coefficient (Wildman–Crippen LogP) is 4.92. The maximum absolute atomic E-state index is 12.7. The molecule has 0 saturated heterocycles. The van der Waals surface area contributed by atoms with E-state index in [0.29, 0.717) is 5.69 Å². The van der Waals surface area contributed by atoms with E-state index in [1.807, 2.05) is 0 Å². The van der Waals surface area contributed by atoms with E-state index in [0.717, 1.165) is 24.5 Å². The summed E-state index contributed by atoms with van der Waals surface area (Å²) in [5.41, 5.74) is 0.375. The van der Waals surface area contributed by atoms with Crippen LogP contribution in [0.4, 0.5) is 49.4 Å². The zero-order chi connectivity index (χ0) is 26.6. The molecule has 0 amide bonds. The molecule has 0 aliphatic heterocycles. The summed E-state index contributed by atoms with van der Waals surface area (Å²) in [4.78, 5) is 7.72. The Kier molecular flexibility index (Phi) is 7.93. The SMILES string of the molecule is CNS(=O)(=O)c1ccc(OCC(F)(F)F)c(Nc2cc(Nc3ccc(CC(F)(F)F)cc3)ncn2)c1. The summed E-state index contributed by atoms with van der Waals surface area (Å²) in [5, 5.41) is 5.57. The number of rotatable bonds is 9. The van der Waals surface area contributed by atoms with E-state index in [-0.39, 0.29) is 33.5 Å². The lowest BCUT2D eigenvalue weighted by Crippen LogP contribution is -2.20. The van der Waals surface area contributed by atoms with Crippen LogP contribution in [0.1, 0.15) is 5.56 Å². The van der Waals surface area contributed by atoms with Crippen LogP contribution in [0.2, 0.25) is 0 Å². The molecule has 194 valence electrons. The molecule has 1 aromatic heterocycles. The molecule has 0 fully saturated rings. The van der Waals surface area contributed by atoms with Gasteiger partial charge in [0.25, 0.3) is 0 Å². The molecular formula is C21H19F6N5O3S. The van der Waals surface area contributed by atoms with Gasteiger partial charge in [0.05, 0.1) is 17.0 Å². The van der Waals surface area contributed by atoms with Crippen molar-refractivity contribution in [2.75, 3.05) is 24.3 Å². The van der Waals surface area contributed by atoms with Crippen LogP contribution in [0.15, 0.2) is 59.8 Å². The first-order valence-corrected chi connectivity index (χ1v) is 11.5. The van der Waals surface area contributed by atoms with Gasteiger partial charge in [0.2, 0.25) is 10.0 Å². The minimum atomic E-state index is -4.63. The first-order chi connectivity index (χ1) is 16.7. The number of aromatic nitrogens is 2. The lowest BCUT2D eigenvalue weighted by atomic mass is 10.1. The van der Waals surface area contributed by atoms with Crippen LogP contribution in [0.25, 0.3) is 0 Å². The fourth-order valence-corrected chi connectivity index (χ4v) is 3.65. The van der Waals surface area contributed by atoms with Crippen LogP contribution < -0.4 is 20.1 Å². The lowest BCUT2D eigenvalue weighted by molar-refractivity contribution is -0.153. The fraction of sp³-hybridized carbons (Fsp3) is 0.238. The molecule has 3 N–H and O–H groups in total. The average Bonchev–Trinajstić information content (AvgIpc) is 2.78. The van der Waals surface area contributed by atoms with Gasteiger partial charge in [-0.05, 0) is 42.9 Å². The maximum atomic E-state index is 12.7. The van der Waals surface area contributed by atoms with Crippen molar-refractivity contribution >= 4 is 33.0 Å². The number of benzene rings is 2. The summed E-state index contributed by atoms with van der Waals surface area (Å²) in [6, 6.07) is 10.0. The number of ether oxygens (including phenoxy) is 1. The highest BCUT2D eigenvalue weighted by molar-refractivity contribution is 7.89. The number of halogens is 6. The van der Waals surface area contributed by atoms with Gasteiger partial charge >= 0.3 is 12.4 Å². The Balaban J connectivity index is 1.83. The lowest BCUT2D eigenvalue weighted by Gasteiger charge is -2.16. The number of alkyl halides is 6. The third kappa shape index (κ3) is 7.98. The van der Waals surface area contributed by atoms with Crippen molar-refractivity contribution in [2.45, 2.75) is 23.7 Å². The minimum Gasteiger partial charge on any atom is -0.482 e. The van der Waals surface area contributed by atoms with Gasteiger partial charge in [0.1, 0.15) is 23.7 Å². The molecule has 8 nitrogen and oxygen atoms in total. The summed E-state index contributed by atoms with van der Waals surface area (Å²) < 4.78 is 107. The van der Waals surface area contributed by atoms with Gasteiger partial charge < -0.3 is 15.4 Å². The van der Waals surface area contributed by atoms with Crippen molar-refractivity contribution in [1.29, 1.82) is 0 Å². The smallest absolute Gasteiger partial charge is 0.422 e. The molecule has 1 heterocycles. The second-order valence-electron chi connectivity index (χ2n) is 7.30. The van der Waals surface area contributed by atoms with Gasteiger partial charge in [-0.2, -0.15) is 26.3 Å². The highest BCUT2D eigenvalue weighted by Crippen LogP contribution is 2.32. The van der Waals surface area contributed by atoms with E-state index >= 15 is 0 Å². The normalized spacial score (nSPS) is 12.3. The number of sulfonamides is 1. The van der Waals surface area contributed by atoms with Gasteiger partial charge in [-0.25, -0.2) is 23.1 Å². The van der Waals surface area contributed by atoms with Crippen LogP contribution in [0.3, 0.4) is 0 Å². The number of anilines is 4. The van der Waals surface area contributed by atoms with E-state index < -0.39 is 35.4 Å². The summed E-state index contributed by atoms with van der Waals surface area (Å²) in [5.74, 6) is -0.0133. The van der Waals surface area contributed by atoms with Gasteiger partial charge in [0.15, 0.2) is 6.61 Å². The first kappa shape index (κ1) is 27.0. The van der Waals surface area contributed by atoms with Gasteiger partial charge in [-0.1, -0.05) is 12.1 Å². The van der Waals surface area contributed by atoms with Crippen molar-refractivity contribution in [2.24, 2.45) is 0 Å². The van der Waals surface area contributed by atoms with E-state index in [1.165, 1.54) is 37.4 Å². The molecule has 3 aromatic rings. The molecule has 0 saturated carbocycles. The van der Waals surface area contributed by atoms with E-state index in [9.17, 15) is 34.8 Å². The van der Waals surface area contributed by atoms with Crippen LogP contribution in [-0.4, -0.2) is 44.4 Å². The molecule has 36 heavy (non-hydrogen) atoms. The summed E-state index contributed by atoms with van der Waals surface area (Å²) in [6.07, 6.45) is -8.92. The van der Waals surface area contributed by atoms with Crippen molar-refractivity contribution < 1.29 is 39.5 Å². The van der Waals surface area contributed by atoms with Crippen molar-refractivity contribution in [3.8, 4) is 5.75 Å². The largest absolute Gasteiger partial charge is 0.482 e. The Morgan fingerprint density at radius 3 is 2.08 bits per heavy atom. The highest BCUT2D eigenvalue weighted by Gasteiger charge is 2.29. The molecular weight excluding hydrogens is 516 g/mol. The Hall–Kier alpha value is -3.59. The quantitative estimate of drug-likeness (QED) is 0.334. The number of nitrogens with zero attached hydrogens (tertiary/aromatic N) is 2. The van der Waals surface area contributed by atoms with Crippen LogP contribution in [0.5, 0.6) is 5.75 Å². The molecule has 0 aliphatic carbocycles. The highest BCUT2D eigenvalue weighted by atomic mass is 32.2. The van der Waals surface area contributed by atoms with Gasteiger partial charge in [0, 0.05) is 11.8 Å². The first-order valence-electron chi connectivity index (χ1n) is 10.0. The van der Waals surface area contributed by atoms with Crippen LogP contribution in [-0.2, 0) is 16.4 Å². The number of hydrogen-bond acceptors (Lipinski definition) is 7. The van der Waals surface area contributed by atoms with Crippen LogP contribution >= 0.6 is 0 Å². The molecule has 2 aromatic carbocycles. The Bertz CT molecular complexity index is 1300. The molecule has 0 radical (unpaired) electrons. The Morgan fingerprint density at radius 2 is 1.50 bits per heavy atom. The number of hydrogen-bond donors (Lipinski definition) is 3. The summed E-state index contributed by atoms with van der Waals surface area (Å²) in [7, 11) is -2.75. The minimum absolute atomic E-state index is 0.0667. The molecule has 0 aliphatic rings. The molecule has 0 unspecified atom stereocenters. The van der Waals surface area contributed by atoms with Crippen molar-refractivity contribution in [3.05, 3.63) is 60.4 Å². The second-order valence-corrected chi connectivity index (χ2v) is 9.18. The van der Waals surface area contributed by atoms with Crippen molar-refractivity contribution in [3.63, 3.8) is 0 Å². The van der Waals surface area contributed by atoms with Gasteiger partial charge in [-0.15, -0.1) is 0 Å². The van der Waals surface area contributed by atoms with E-state index in [4.69, 9.17) is 4.74 Å².